The van der Waals surface area contributed by atoms with Gasteiger partial charge in [-0.3, -0.25) is 9.48 Å². The molecule has 0 N–H and O–H groups in total. The van der Waals surface area contributed by atoms with Crippen LogP contribution in [-0.2, 0) is 0 Å². The molecule has 1 atom stereocenters. The third kappa shape index (κ3) is 3.19. The lowest BCUT2D eigenvalue weighted by atomic mass is 10.0. The molecular formula is C14H11Cl2N3O. The number of benzene rings is 1. The van der Waals surface area contributed by atoms with Gasteiger partial charge in [0.05, 0.1) is 22.9 Å². The molecule has 1 aromatic carbocycles. The summed E-state index contributed by atoms with van der Waals surface area (Å²) in [5.74, 6) is 0.189. The number of Topliss-reactive ketones (excluding diaryl/α,β-unsaturated/α-hetero) is 1. The fraction of sp³-hybridized carbons (Fsp3) is 0.214. The lowest BCUT2D eigenvalue weighted by Gasteiger charge is -2.15. The highest BCUT2D eigenvalue weighted by molar-refractivity contribution is 6.30. The fourth-order valence-corrected chi connectivity index (χ4v) is 2.26. The van der Waals surface area contributed by atoms with Gasteiger partial charge in [0.1, 0.15) is 6.04 Å². The number of hydrogen-bond donors (Lipinski definition) is 0. The normalized spacial score (nSPS) is 11.8. The number of ketones is 1. The highest BCUT2D eigenvalue weighted by Crippen LogP contribution is 2.21. The Kier molecular flexibility index (Phi) is 4.78. The van der Waals surface area contributed by atoms with Crippen LogP contribution < -0.4 is 0 Å². The SMILES string of the molecule is N#Cc1cccc(C(=O)C(CCCl)n2cc(Cl)cn2)c1. The first-order valence-electron chi connectivity index (χ1n) is 5.95. The first kappa shape index (κ1) is 14.6. The predicted octanol–water partition coefficient (Wildman–Crippen LogP) is 3.46. The molecule has 0 amide bonds. The van der Waals surface area contributed by atoms with Gasteiger partial charge < -0.3 is 0 Å². The predicted molar refractivity (Wildman–Crippen MR) is 77.1 cm³/mol. The van der Waals surface area contributed by atoms with Crippen molar-refractivity contribution >= 4 is 29.0 Å². The van der Waals surface area contributed by atoms with E-state index in [1.165, 1.54) is 10.9 Å². The molecule has 0 saturated heterocycles. The molecule has 0 fully saturated rings. The number of alkyl halides is 1. The third-order valence-corrected chi connectivity index (χ3v) is 3.26. The Morgan fingerprint density at radius 2 is 2.30 bits per heavy atom. The van der Waals surface area contributed by atoms with Gasteiger partial charge in [0, 0.05) is 17.6 Å². The summed E-state index contributed by atoms with van der Waals surface area (Å²) >= 11 is 11.6. The maximum absolute atomic E-state index is 12.5. The Balaban J connectivity index is 2.34. The van der Waals surface area contributed by atoms with Crippen molar-refractivity contribution in [2.45, 2.75) is 12.5 Å². The van der Waals surface area contributed by atoms with Crippen LogP contribution in [-0.4, -0.2) is 21.4 Å². The van der Waals surface area contributed by atoms with Crippen molar-refractivity contribution in [2.75, 3.05) is 5.88 Å². The summed E-state index contributed by atoms with van der Waals surface area (Å²) in [4.78, 5) is 12.5. The standard InChI is InChI=1S/C14H11Cl2N3O/c15-5-4-13(19-9-12(16)8-18-19)14(20)11-3-1-2-10(6-11)7-17/h1-3,6,8-9,13H,4-5H2. The Morgan fingerprint density at radius 3 is 2.90 bits per heavy atom. The molecule has 0 aliphatic rings. The maximum Gasteiger partial charge on any atom is 0.187 e. The summed E-state index contributed by atoms with van der Waals surface area (Å²) in [5, 5.41) is 13.4. The second-order valence-electron chi connectivity index (χ2n) is 4.19. The summed E-state index contributed by atoms with van der Waals surface area (Å²) in [6.45, 7) is 0. The summed E-state index contributed by atoms with van der Waals surface area (Å²) in [6, 6.07) is 8.07. The van der Waals surface area contributed by atoms with Gasteiger partial charge in [0.2, 0.25) is 0 Å². The molecule has 6 heteroatoms. The highest BCUT2D eigenvalue weighted by Gasteiger charge is 2.22. The number of nitrogens with zero attached hydrogens (tertiary/aromatic N) is 3. The van der Waals surface area contributed by atoms with Crippen molar-refractivity contribution in [3.05, 3.63) is 52.8 Å². The lowest BCUT2D eigenvalue weighted by molar-refractivity contribution is 0.0915. The minimum Gasteiger partial charge on any atom is -0.292 e. The van der Waals surface area contributed by atoms with Gasteiger partial charge in [-0.2, -0.15) is 10.4 Å². The second-order valence-corrected chi connectivity index (χ2v) is 5.00. The molecule has 4 nitrogen and oxygen atoms in total. The van der Waals surface area contributed by atoms with Crippen LogP contribution in [0.3, 0.4) is 0 Å². The van der Waals surface area contributed by atoms with Crippen LogP contribution in [0.2, 0.25) is 5.02 Å². The van der Waals surface area contributed by atoms with Gasteiger partial charge in [-0.05, 0) is 18.6 Å². The molecule has 2 rings (SSSR count). The number of halogens is 2. The molecule has 1 aromatic heterocycles. The number of carbonyl (C=O) groups is 1. The summed E-state index contributed by atoms with van der Waals surface area (Å²) in [6.07, 6.45) is 3.50. The maximum atomic E-state index is 12.5. The fourth-order valence-electron chi connectivity index (χ4n) is 1.91. The van der Waals surface area contributed by atoms with E-state index < -0.39 is 6.04 Å². The molecule has 0 aliphatic heterocycles. The molecule has 1 unspecified atom stereocenters. The second kappa shape index (κ2) is 6.56. The number of hydrogen-bond acceptors (Lipinski definition) is 3. The Morgan fingerprint density at radius 1 is 1.50 bits per heavy atom. The van der Waals surface area contributed by atoms with Crippen LogP contribution in [0, 0.1) is 11.3 Å². The van der Waals surface area contributed by atoms with Gasteiger partial charge in [0.15, 0.2) is 5.78 Å². The molecule has 0 saturated carbocycles. The van der Waals surface area contributed by atoms with Crippen LogP contribution in [0.5, 0.6) is 0 Å². The minimum atomic E-state index is -0.519. The van der Waals surface area contributed by atoms with Gasteiger partial charge in [-0.1, -0.05) is 23.7 Å². The number of aromatic nitrogens is 2. The Labute approximate surface area is 126 Å². The highest BCUT2D eigenvalue weighted by atomic mass is 35.5. The van der Waals surface area contributed by atoms with E-state index in [1.807, 2.05) is 6.07 Å². The van der Waals surface area contributed by atoms with Crippen molar-refractivity contribution in [3.8, 4) is 6.07 Å². The van der Waals surface area contributed by atoms with Crippen LogP contribution in [0.15, 0.2) is 36.7 Å². The van der Waals surface area contributed by atoms with Crippen molar-refractivity contribution in [1.82, 2.24) is 9.78 Å². The summed E-state index contributed by atoms with van der Waals surface area (Å²) < 4.78 is 1.51. The topological polar surface area (TPSA) is 58.7 Å². The minimum absolute atomic E-state index is 0.137. The van der Waals surface area contributed by atoms with Gasteiger partial charge >= 0.3 is 0 Å². The first-order chi connectivity index (χ1) is 9.65. The smallest absolute Gasteiger partial charge is 0.187 e. The molecule has 102 valence electrons. The van der Waals surface area contributed by atoms with Crippen LogP contribution in [0.4, 0.5) is 0 Å². The van der Waals surface area contributed by atoms with E-state index in [0.29, 0.717) is 28.5 Å². The van der Waals surface area contributed by atoms with Crippen LogP contribution >= 0.6 is 23.2 Å². The van der Waals surface area contributed by atoms with Crippen LogP contribution in [0.1, 0.15) is 28.4 Å². The average molecular weight is 308 g/mol. The van der Waals surface area contributed by atoms with E-state index in [0.717, 1.165) is 0 Å². The number of carbonyl (C=O) groups excluding carboxylic acids is 1. The van der Waals surface area contributed by atoms with Crippen molar-refractivity contribution in [1.29, 1.82) is 5.26 Å². The molecule has 0 aliphatic carbocycles. The van der Waals surface area contributed by atoms with E-state index in [-0.39, 0.29) is 5.78 Å². The molecule has 20 heavy (non-hydrogen) atoms. The molecule has 0 spiro atoms. The van der Waals surface area contributed by atoms with E-state index >= 15 is 0 Å². The first-order valence-corrected chi connectivity index (χ1v) is 6.87. The van der Waals surface area contributed by atoms with E-state index in [2.05, 4.69) is 5.10 Å². The zero-order chi connectivity index (χ0) is 14.5. The molecule has 0 radical (unpaired) electrons. The molecule has 2 aromatic rings. The zero-order valence-electron chi connectivity index (χ0n) is 10.5. The molecule has 1 heterocycles. The average Bonchev–Trinajstić information content (AvgIpc) is 2.90. The monoisotopic (exact) mass is 307 g/mol. The van der Waals surface area contributed by atoms with Crippen molar-refractivity contribution in [2.24, 2.45) is 0 Å². The third-order valence-electron chi connectivity index (χ3n) is 2.85. The van der Waals surface area contributed by atoms with E-state index in [1.54, 1.807) is 30.5 Å². The molecular weight excluding hydrogens is 297 g/mol. The van der Waals surface area contributed by atoms with E-state index in [9.17, 15) is 4.79 Å². The zero-order valence-corrected chi connectivity index (χ0v) is 12.0. The van der Waals surface area contributed by atoms with Crippen molar-refractivity contribution < 1.29 is 4.79 Å². The number of nitriles is 1. The largest absolute Gasteiger partial charge is 0.292 e. The summed E-state index contributed by atoms with van der Waals surface area (Å²) in [7, 11) is 0. The quantitative estimate of drug-likeness (QED) is 0.628. The van der Waals surface area contributed by atoms with E-state index in [4.69, 9.17) is 28.5 Å². The summed E-state index contributed by atoms with van der Waals surface area (Å²) in [5.41, 5.74) is 0.907. The number of rotatable bonds is 5. The Hall–Kier alpha value is -1.83. The Bertz CT molecular complexity index is 660. The van der Waals surface area contributed by atoms with Gasteiger partial charge in [-0.25, -0.2) is 0 Å². The van der Waals surface area contributed by atoms with Crippen molar-refractivity contribution in [3.63, 3.8) is 0 Å². The van der Waals surface area contributed by atoms with Gasteiger partial charge in [-0.15, -0.1) is 11.6 Å². The molecule has 0 bridgehead atoms. The van der Waals surface area contributed by atoms with Crippen LogP contribution in [0.25, 0.3) is 0 Å². The van der Waals surface area contributed by atoms with Gasteiger partial charge in [0.25, 0.3) is 0 Å². The lowest BCUT2D eigenvalue weighted by Crippen LogP contribution is -2.21.